The first-order valence-electron chi connectivity index (χ1n) is 12.3. The molecule has 38 heavy (non-hydrogen) atoms. The summed E-state index contributed by atoms with van der Waals surface area (Å²) in [6.45, 7) is 2.62. The number of hydrogen-bond acceptors (Lipinski definition) is 9. The third-order valence-electron chi connectivity index (χ3n) is 5.86. The van der Waals surface area contributed by atoms with Crippen LogP contribution in [0.3, 0.4) is 0 Å². The number of piperidine rings is 1. The zero-order valence-electron chi connectivity index (χ0n) is 21.1. The molecule has 4 N–H and O–H groups in total. The Hall–Kier alpha value is -3.18. The van der Waals surface area contributed by atoms with Crippen LogP contribution in [0.25, 0.3) is 0 Å². The summed E-state index contributed by atoms with van der Waals surface area (Å²) in [5, 5.41) is 24.4. The first kappa shape index (κ1) is 29.4. The van der Waals surface area contributed by atoms with E-state index in [-0.39, 0.29) is 48.6 Å². The molecule has 1 aromatic carbocycles. The van der Waals surface area contributed by atoms with Crippen molar-refractivity contribution in [3.8, 4) is 11.5 Å². The molecule has 2 aliphatic heterocycles. The summed E-state index contributed by atoms with van der Waals surface area (Å²) in [4.78, 5) is 51.3. The number of esters is 1. The average Bonchev–Trinajstić information content (AvgIpc) is 2.82. The maximum absolute atomic E-state index is 13.1. The summed E-state index contributed by atoms with van der Waals surface area (Å²) in [7, 11) is -5.10. The lowest BCUT2D eigenvalue weighted by Gasteiger charge is -2.26. The summed E-state index contributed by atoms with van der Waals surface area (Å²) in [6, 6.07) is 2.13. The van der Waals surface area contributed by atoms with Gasteiger partial charge in [0.2, 0.25) is 0 Å². The molecule has 0 radical (unpaired) electrons. The van der Waals surface area contributed by atoms with E-state index in [0.717, 1.165) is 25.3 Å². The van der Waals surface area contributed by atoms with Crippen LogP contribution in [0, 0.1) is 0 Å². The number of aromatic hydroxyl groups is 1. The van der Waals surface area contributed by atoms with Crippen LogP contribution >= 0.6 is 7.82 Å². The molecule has 13 heteroatoms. The van der Waals surface area contributed by atoms with Crippen LogP contribution < -0.4 is 4.52 Å². The fraction of sp³-hybridized carbons (Fsp3) is 0.480. The van der Waals surface area contributed by atoms with E-state index < -0.39 is 37.5 Å². The van der Waals surface area contributed by atoms with Gasteiger partial charge in [0.25, 0.3) is 5.91 Å². The van der Waals surface area contributed by atoms with Gasteiger partial charge in [0.1, 0.15) is 23.2 Å². The minimum atomic E-state index is -5.10. The van der Waals surface area contributed by atoms with Gasteiger partial charge in [0, 0.05) is 32.0 Å². The lowest BCUT2D eigenvalue weighted by molar-refractivity contribution is -0.137. The van der Waals surface area contributed by atoms with E-state index in [2.05, 4.69) is 5.16 Å². The summed E-state index contributed by atoms with van der Waals surface area (Å²) in [5.74, 6) is -2.14. The first-order valence-corrected chi connectivity index (χ1v) is 13.8. The maximum Gasteiger partial charge on any atom is 0.524 e. The Morgan fingerprint density at radius 2 is 1.92 bits per heavy atom. The Balaban J connectivity index is 1.96. The fourth-order valence-electron chi connectivity index (χ4n) is 4.09. The predicted molar refractivity (Wildman–Crippen MR) is 137 cm³/mol. The summed E-state index contributed by atoms with van der Waals surface area (Å²) in [6.07, 6.45) is 8.18. The molecule has 1 amide bonds. The van der Waals surface area contributed by atoms with E-state index in [1.165, 1.54) is 12.1 Å². The highest BCUT2D eigenvalue weighted by atomic mass is 31.2. The first-order chi connectivity index (χ1) is 18.0. The number of nitrogens with zero attached hydrogens (tertiary/aromatic N) is 2. The Morgan fingerprint density at radius 1 is 1.18 bits per heavy atom. The number of carbonyl (C=O) groups excluding carboxylic acids is 2. The van der Waals surface area contributed by atoms with Crippen LogP contribution in [0.2, 0.25) is 0 Å². The van der Waals surface area contributed by atoms with E-state index in [0.29, 0.717) is 13.1 Å². The maximum atomic E-state index is 13.1. The number of amides is 1. The van der Waals surface area contributed by atoms with Crippen LogP contribution in [0.4, 0.5) is 0 Å². The minimum Gasteiger partial charge on any atom is -0.508 e. The topological polar surface area (TPSA) is 175 Å². The number of phosphoric ester groups is 1. The largest absolute Gasteiger partial charge is 0.524 e. The molecular formula is C25H33N2O10P. The highest BCUT2D eigenvalue weighted by molar-refractivity contribution is 7.46. The molecular weight excluding hydrogens is 519 g/mol. The second-order valence-electron chi connectivity index (χ2n) is 9.12. The number of phenols is 1. The monoisotopic (exact) mass is 552 g/mol. The average molecular weight is 553 g/mol. The number of cyclic esters (lactones) is 1. The molecule has 0 bridgehead atoms. The normalized spacial score (nSPS) is 24.1. The number of phosphoric acid groups is 1. The second kappa shape index (κ2) is 13.6. The number of fused-ring (bicyclic) bond motifs is 1. The van der Waals surface area contributed by atoms with Crippen LogP contribution in [0.1, 0.15) is 54.9 Å². The van der Waals surface area contributed by atoms with Gasteiger partial charge in [-0.25, -0.2) is 9.36 Å². The van der Waals surface area contributed by atoms with Crippen molar-refractivity contribution in [1.29, 1.82) is 0 Å². The highest BCUT2D eigenvalue weighted by Crippen LogP contribution is 2.42. The van der Waals surface area contributed by atoms with Crippen LogP contribution in [-0.4, -0.2) is 74.4 Å². The molecule has 1 saturated heterocycles. The second-order valence-corrected chi connectivity index (χ2v) is 10.3. The van der Waals surface area contributed by atoms with Crippen molar-refractivity contribution in [3.05, 3.63) is 47.6 Å². The number of allylic oxidation sites excluding steroid dienone is 1. The lowest BCUT2D eigenvalue weighted by Crippen LogP contribution is -2.37. The molecule has 2 heterocycles. The highest BCUT2D eigenvalue weighted by Gasteiger charge is 2.28. The van der Waals surface area contributed by atoms with Gasteiger partial charge in [-0.05, 0) is 50.3 Å². The lowest BCUT2D eigenvalue weighted by atomic mass is 9.99. The zero-order valence-corrected chi connectivity index (χ0v) is 22.0. The van der Waals surface area contributed by atoms with Crippen molar-refractivity contribution in [2.24, 2.45) is 5.16 Å². The van der Waals surface area contributed by atoms with Crippen molar-refractivity contribution < 1.29 is 48.3 Å². The van der Waals surface area contributed by atoms with E-state index >= 15 is 0 Å². The van der Waals surface area contributed by atoms with Crippen molar-refractivity contribution in [1.82, 2.24) is 4.90 Å². The number of phenolic OH excluding ortho intramolecular Hbond substituents is 1. The number of ether oxygens (including phenoxy) is 1. The molecule has 0 aromatic heterocycles. The molecule has 1 aromatic rings. The third-order valence-corrected chi connectivity index (χ3v) is 6.30. The standard InChI is InChI=1S/C25H33N2O10P/c1-17-7-5-9-20(28)10-6-8-19(26-35-16-23(30)27-11-3-2-4-12-27)13-18-14-21(29)15-22(37-38(32,33)34)24(18)25(31)36-17/h5-6,8-9,14-15,17,20,28-29H,2-4,7,10-13,16H2,1H3,(H2,32,33,34)/b8-6+,9-5+,26-19-/t17-,20+/m1/s1. The molecule has 0 unspecified atom stereocenters. The third kappa shape index (κ3) is 9.29. The van der Waals surface area contributed by atoms with E-state index in [1.807, 2.05) is 0 Å². The van der Waals surface area contributed by atoms with Gasteiger partial charge in [-0.15, -0.1) is 0 Å². The van der Waals surface area contributed by atoms with Gasteiger partial charge in [-0.3, -0.25) is 14.6 Å². The summed E-state index contributed by atoms with van der Waals surface area (Å²) in [5.41, 5.74) is -0.00258. The predicted octanol–water partition coefficient (Wildman–Crippen LogP) is 2.60. The number of hydrogen-bond donors (Lipinski definition) is 4. The Morgan fingerprint density at radius 3 is 2.63 bits per heavy atom. The van der Waals surface area contributed by atoms with E-state index in [1.54, 1.807) is 30.1 Å². The minimum absolute atomic E-state index is 0.0909. The molecule has 12 nitrogen and oxygen atoms in total. The van der Waals surface area contributed by atoms with Gasteiger partial charge in [-0.1, -0.05) is 23.4 Å². The molecule has 208 valence electrons. The number of likely N-dealkylation sites (tertiary alicyclic amines) is 1. The van der Waals surface area contributed by atoms with Crippen molar-refractivity contribution in [2.75, 3.05) is 19.7 Å². The van der Waals surface area contributed by atoms with Crippen molar-refractivity contribution in [2.45, 2.75) is 57.7 Å². The Kier molecular flexibility index (Phi) is 10.5. The molecule has 3 rings (SSSR count). The van der Waals surface area contributed by atoms with Gasteiger partial charge in [0.15, 0.2) is 6.61 Å². The fourth-order valence-corrected chi connectivity index (χ4v) is 4.49. The van der Waals surface area contributed by atoms with Gasteiger partial charge in [-0.2, -0.15) is 0 Å². The number of benzene rings is 1. The van der Waals surface area contributed by atoms with Crippen molar-refractivity contribution in [3.63, 3.8) is 0 Å². The van der Waals surface area contributed by atoms with Gasteiger partial charge >= 0.3 is 13.8 Å². The molecule has 2 aliphatic rings. The molecule has 1 fully saturated rings. The number of oxime groups is 1. The zero-order chi connectivity index (χ0) is 27.7. The van der Waals surface area contributed by atoms with Gasteiger partial charge in [0.05, 0.1) is 11.8 Å². The molecule has 0 saturated carbocycles. The quantitative estimate of drug-likeness (QED) is 0.184. The number of rotatable bonds is 5. The number of aliphatic hydroxyl groups is 1. The summed E-state index contributed by atoms with van der Waals surface area (Å²) >= 11 is 0. The molecule has 0 spiro atoms. The van der Waals surface area contributed by atoms with Crippen LogP contribution in [-0.2, 0) is 25.4 Å². The molecule has 0 aliphatic carbocycles. The van der Waals surface area contributed by atoms with Gasteiger partial charge < -0.3 is 29.2 Å². The molecule has 2 atom stereocenters. The van der Waals surface area contributed by atoms with E-state index in [9.17, 15) is 34.2 Å². The SMILES string of the molecule is C[C@@H]1C/C=C/[C@H](O)C/C=C/C(=N/OCC(=O)N2CCCCC2)Cc2cc(O)cc(OP(=O)(O)O)c2C(=O)O1. The van der Waals surface area contributed by atoms with Crippen LogP contribution in [0.5, 0.6) is 11.5 Å². The van der Waals surface area contributed by atoms with Crippen LogP contribution in [0.15, 0.2) is 41.6 Å². The number of aliphatic hydroxyl groups excluding tert-OH is 1. The number of carbonyl (C=O) groups is 2. The van der Waals surface area contributed by atoms with Crippen molar-refractivity contribution >= 4 is 25.4 Å². The smallest absolute Gasteiger partial charge is 0.508 e. The Labute approximate surface area is 220 Å². The summed E-state index contributed by atoms with van der Waals surface area (Å²) < 4.78 is 21.7. The Bertz CT molecular complexity index is 1140. The van der Waals surface area contributed by atoms with E-state index in [4.69, 9.17) is 14.1 Å².